The number of carbonyl (C=O) groups excluding carboxylic acids is 5. The van der Waals surface area contributed by atoms with E-state index >= 15 is 0 Å². The van der Waals surface area contributed by atoms with Gasteiger partial charge in [-0.1, -0.05) is 44.1 Å². The molecule has 0 aromatic rings. The molecule has 0 unspecified atom stereocenters. The Balaban J connectivity index is 1.85. The van der Waals surface area contributed by atoms with Gasteiger partial charge in [0.25, 0.3) is 0 Å². The molecule has 0 spiro atoms. The molecule has 0 saturated heterocycles. The van der Waals surface area contributed by atoms with Crippen molar-refractivity contribution < 1.29 is 38.6 Å². The Hall–Kier alpha value is -2.61. The lowest BCUT2D eigenvalue weighted by Crippen LogP contribution is -2.65. The maximum Gasteiger partial charge on any atom is 0.303 e. The molecule has 4 aliphatic rings. The van der Waals surface area contributed by atoms with E-state index in [4.69, 9.17) is 9.47 Å². The quantitative estimate of drug-likeness (QED) is 0.338. The van der Waals surface area contributed by atoms with Crippen molar-refractivity contribution in [3.05, 3.63) is 23.3 Å². The summed E-state index contributed by atoms with van der Waals surface area (Å²) in [6.07, 6.45) is 3.43. The van der Waals surface area contributed by atoms with Crippen LogP contribution in [0.4, 0.5) is 0 Å². The number of esters is 2. The zero-order valence-corrected chi connectivity index (χ0v) is 26.9. The summed E-state index contributed by atoms with van der Waals surface area (Å²) in [7, 11) is 0. The van der Waals surface area contributed by atoms with Crippen LogP contribution in [0.2, 0.25) is 0 Å². The zero-order valence-electron chi connectivity index (χ0n) is 26.9. The van der Waals surface area contributed by atoms with E-state index < -0.39 is 57.3 Å². The fraction of sp³-hybridized carbons (Fsp3) is 0.735. The number of ketones is 3. The van der Waals surface area contributed by atoms with Gasteiger partial charge in [-0.25, -0.2) is 0 Å². The third kappa shape index (κ3) is 4.54. The van der Waals surface area contributed by atoms with Gasteiger partial charge in [0, 0.05) is 43.4 Å². The van der Waals surface area contributed by atoms with Crippen molar-refractivity contribution >= 4 is 29.3 Å². The molecular weight excluding hydrogens is 536 g/mol. The highest BCUT2D eigenvalue weighted by Gasteiger charge is 2.75. The SMILES string of the molecule is CC(=O)O[C@H]1C[C@@H]2C(=CC[C@@H]3[C@@]2(C)C(=O)C[C@]2(C)[C@@H]([C@@](C)(O)C(=O)CC=C(C)C)[C@H](OC(C)=O)C[C@@]32C)C(C)(C)C1=O. The minimum Gasteiger partial charge on any atom is -0.462 e. The Bertz CT molecular complexity index is 1280. The van der Waals surface area contributed by atoms with Crippen LogP contribution in [0, 0.1) is 39.4 Å². The summed E-state index contributed by atoms with van der Waals surface area (Å²) >= 11 is 0. The molecule has 8 heteroatoms. The predicted octanol–water partition coefficient (Wildman–Crippen LogP) is 5.10. The molecule has 4 aliphatic carbocycles. The topological polar surface area (TPSA) is 124 Å². The van der Waals surface area contributed by atoms with Crippen LogP contribution < -0.4 is 0 Å². The number of hydrogen-bond acceptors (Lipinski definition) is 8. The molecule has 3 fully saturated rings. The van der Waals surface area contributed by atoms with Crippen molar-refractivity contribution in [1.29, 1.82) is 0 Å². The molecule has 8 nitrogen and oxygen atoms in total. The molecule has 0 aliphatic heterocycles. The van der Waals surface area contributed by atoms with E-state index in [-0.39, 0.29) is 48.4 Å². The van der Waals surface area contributed by atoms with Gasteiger partial charge in [-0.15, -0.1) is 0 Å². The Morgan fingerprint density at radius 3 is 2.14 bits per heavy atom. The molecule has 0 heterocycles. The van der Waals surface area contributed by atoms with E-state index in [0.29, 0.717) is 12.8 Å². The Morgan fingerprint density at radius 2 is 1.60 bits per heavy atom. The summed E-state index contributed by atoms with van der Waals surface area (Å²) < 4.78 is 11.4. The maximum atomic E-state index is 14.6. The first kappa shape index (κ1) is 32.3. The van der Waals surface area contributed by atoms with Crippen LogP contribution in [-0.2, 0) is 33.4 Å². The number of carbonyl (C=O) groups is 5. The van der Waals surface area contributed by atoms with Crippen LogP contribution in [0.1, 0.15) is 101 Å². The predicted molar refractivity (Wildman–Crippen MR) is 156 cm³/mol. The fourth-order valence-electron chi connectivity index (χ4n) is 9.63. The van der Waals surface area contributed by atoms with Crippen LogP contribution in [0.15, 0.2) is 23.3 Å². The molecule has 3 saturated carbocycles. The minimum atomic E-state index is -1.85. The third-order valence-corrected chi connectivity index (χ3v) is 11.9. The number of Topliss-reactive ketones (excluding diaryl/α,β-unsaturated/α-hetero) is 3. The van der Waals surface area contributed by atoms with Gasteiger partial charge in [-0.05, 0) is 76.5 Å². The lowest BCUT2D eigenvalue weighted by molar-refractivity contribution is -0.187. The van der Waals surface area contributed by atoms with E-state index in [1.165, 1.54) is 20.8 Å². The molecule has 0 aromatic heterocycles. The summed E-state index contributed by atoms with van der Waals surface area (Å²) in [6.45, 7) is 17.6. The molecule has 0 aromatic carbocycles. The van der Waals surface area contributed by atoms with Crippen molar-refractivity contribution in [3.8, 4) is 0 Å². The van der Waals surface area contributed by atoms with E-state index in [2.05, 4.69) is 13.0 Å². The first-order valence-electron chi connectivity index (χ1n) is 15.2. The smallest absolute Gasteiger partial charge is 0.303 e. The lowest BCUT2D eigenvalue weighted by atomic mass is 9.38. The second-order valence-corrected chi connectivity index (χ2v) is 14.9. The minimum absolute atomic E-state index is 0.00387. The number of rotatable bonds is 6. The summed E-state index contributed by atoms with van der Waals surface area (Å²) in [5, 5.41) is 12.0. The van der Waals surface area contributed by atoms with Crippen molar-refractivity contribution in [1.82, 2.24) is 0 Å². The van der Waals surface area contributed by atoms with Crippen LogP contribution in [0.3, 0.4) is 0 Å². The molecule has 42 heavy (non-hydrogen) atoms. The van der Waals surface area contributed by atoms with E-state index in [1.807, 2.05) is 41.5 Å². The Kier molecular flexibility index (Phi) is 7.88. The number of fused-ring (bicyclic) bond motifs is 5. The van der Waals surface area contributed by atoms with Gasteiger partial charge in [0.2, 0.25) is 0 Å². The summed E-state index contributed by atoms with van der Waals surface area (Å²) in [5.41, 5.74) is -3.24. The normalized spacial score (nSPS) is 40.0. The molecule has 232 valence electrons. The maximum absolute atomic E-state index is 14.6. The molecule has 9 atom stereocenters. The van der Waals surface area contributed by atoms with E-state index in [0.717, 1.165) is 11.1 Å². The van der Waals surface area contributed by atoms with E-state index in [9.17, 15) is 29.1 Å². The highest BCUT2D eigenvalue weighted by Crippen LogP contribution is 2.74. The monoisotopic (exact) mass is 584 g/mol. The van der Waals surface area contributed by atoms with Gasteiger partial charge < -0.3 is 14.6 Å². The van der Waals surface area contributed by atoms with Crippen molar-refractivity contribution in [2.45, 2.75) is 119 Å². The van der Waals surface area contributed by atoms with Gasteiger partial charge in [0.1, 0.15) is 17.5 Å². The van der Waals surface area contributed by atoms with Crippen molar-refractivity contribution in [2.24, 2.45) is 39.4 Å². The summed E-state index contributed by atoms with van der Waals surface area (Å²) in [6, 6.07) is 0. The van der Waals surface area contributed by atoms with Gasteiger partial charge in [0.15, 0.2) is 17.7 Å². The first-order chi connectivity index (χ1) is 19.2. The van der Waals surface area contributed by atoms with Crippen molar-refractivity contribution in [2.75, 3.05) is 0 Å². The van der Waals surface area contributed by atoms with Crippen LogP contribution in [0.25, 0.3) is 0 Å². The second kappa shape index (κ2) is 10.2. The molecular formula is C34H48O8. The number of aliphatic hydroxyl groups is 1. The zero-order chi connectivity index (χ0) is 31.8. The van der Waals surface area contributed by atoms with Crippen LogP contribution in [-0.4, -0.2) is 52.2 Å². The molecule has 0 radical (unpaired) electrons. The standard InChI is InChI=1S/C34H48O8/c1-18(2)11-14-26(37)34(10,40)28-24(42-20(4)36)16-31(7)25-13-12-21-22(33(25,9)27(38)17-32(28,31)8)15-23(41-19(3)35)29(39)30(21,5)6/h11-12,22-25,28,40H,13-17H2,1-10H3/t22-,23+,24-,25+,28+,31+,32-,33+,34+/m1/s1. The number of allylic oxidation sites excluding steroid dienone is 4. The summed E-state index contributed by atoms with van der Waals surface area (Å²) in [4.78, 5) is 65.9. The summed E-state index contributed by atoms with van der Waals surface area (Å²) in [5.74, 6) is -2.92. The number of hydrogen-bond donors (Lipinski definition) is 1. The number of ether oxygens (including phenoxy) is 2. The highest BCUT2D eigenvalue weighted by atomic mass is 16.5. The second-order valence-electron chi connectivity index (χ2n) is 14.9. The van der Waals surface area contributed by atoms with Crippen LogP contribution >= 0.6 is 0 Å². The van der Waals surface area contributed by atoms with Gasteiger partial charge in [0.05, 0.1) is 0 Å². The van der Waals surface area contributed by atoms with Crippen molar-refractivity contribution in [3.63, 3.8) is 0 Å². The van der Waals surface area contributed by atoms with Gasteiger partial charge in [-0.3, -0.25) is 24.0 Å². The lowest BCUT2D eigenvalue weighted by Gasteiger charge is -2.64. The fourth-order valence-corrected chi connectivity index (χ4v) is 9.63. The highest BCUT2D eigenvalue weighted by molar-refractivity contribution is 5.96. The average molecular weight is 585 g/mol. The Morgan fingerprint density at radius 1 is 1.00 bits per heavy atom. The molecule has 1 N–H and O–H groups in total. The molecule has 0 bridgehead atoms. The van der Waals surface area contributed by atoms with Crippen LogP contribution in [0.5, 0.6) is 0 Å². The first-order valence-corrected chi connectivity index (χ1v) is 15.2. The molecule has 4 rings (SSSR count). The average Bonchev–Trinajstić information content (AvgIpc) is 3.07. The Labute approximate surface area is 249 Å². The van der Waals surface area contributed by atoms with Gasteiger partial charge >= 0.3 is 11.9 Å². The van der Waals surface area contributed by atoms with E-state index in [1.54, 1.807) is 6.08 Å². The largest absolute Gasteiger partial charge is 0.462 e. The molecule has 0 amide bonds. The van der Waals surface area contributed by atoms with Gasteiger partial charge in [-0.2, -0.15) is 0 Å². The third-order valence-electron chi connectivity index (χ3n) is 11.9.